The van der Waals surface area contributed by atoms with Gasteiger partial charge in [-0.2, -0.15) is 0 Å². The molecule has 17 heavy (non-hydrogen) atoms. The molecule has 1 aliphatic rings. The van der Waals surface area contributed by atoms with E-state index in [9.17, 15) is 4.39 Å². The van der Waals surface area contributed by atoms with Crippen molar-refractivity contribution < 1.29 is 9.13 Å². The zero-order valence-electron chi connectivity index (χ0n) is 9.52. The third-order valence-corrected chi connectivity index (χ3v) is 4.33. The molecule has 0 spiro atoms. The van der Waals surface area contributed by atoms with Gasteiger partial charge in [-0.1, -0.05) is 22.0 Å². The maximum absolute atomic E-state index is 13.8. The minimum atomic E-state index is -0.172. The molecule has 0 amide bonds. The van der Waals surface area contributed by atoms with Crippen LogP contribution in [-0.4, -0.2) is 19.1 Å². The van der Waals surface area contributed by atoms with E-state index in [2.05, 4.69) is 15.9 Å². The number of benzene rings is 1. The summed E-state index contributed by atoms with van der Waals surface area (Å²) in [4.78, 5) is 0. The van der Waals surface area contributed by atoms with E-state index >= 15 is 0 Å². The summed E-state index contributed by atoms with van der Waals surface area (Å²) in [6.07, 6.45) is 2.66. The van der Waals surface area contributed by atoms with E-state index in [1.165, 1.54) is 6.07 Å². The predicted molar refractivity (Wildman–Crippen MR) is 71.0 cm³/mol. The molecule has 1 nitrogen and oxygen atoms in total. The SMILES string of the molecule is Fc1cc(Br)ccc1CC1(CCl)CCCOC1. The number of rotatable bonds is 3. The lowest BCUT2D eigenvalue weighted by Gasteiger charge is -2.35. The standard InChI is InChI=1S/C13H15BrClFO/c14-11-3-2-10(12(16)6-11)7-13(8-15)4-1-5-17-9-13/h2-3,6H,1,4-5,7-9H2. The maximum Gasteiger partial charge on any atom is 0.127 e. The van der Waals surface area contributed by atoms with Crippen LogP contribution in [0.5, 0.6) is 0 Å². The highest BCUT2D eigenvalue weighted by Gasteiger charge is 2.33. The molecule has 1 saturated heterocycles. The van der Waals surface area contributed by atoms with Gasteiger partial charge in [0.2, 0.25) is 0 Å². The summed E-state index contributed by atoms with van der Waals surface area (Å²) in [5, 5.41) is 0. The lowest BCUT2D eigenvalue weighted by atomic mass is 9.79. The first-order valence-corrected chi connectivity index (χ1v) is 7.06. The van der Waals surface area contributed by atoms with E-state index in [1.807, 2.05) is 12.1 Å². The van der Waals surface area contributed by atoms with Crippen LogP contribution in [0.1, 0.15) is 18.4 Å². The highest BCUT2D eigenvalue weighted by molar-refractivity contribution is 9.10. The van der Waals surface area contributed by atoms with Gasteiger partial charge in [-0.25, -0.2) is 4.39 Å². The van der Waals surface area contributed by atoms with E-state index in [4.69, 9.17) is 16.3 Å². The molecule has 1 atom stereocenters. The second-order valence-corrected chi connectivity index (χ2v) is 5.89. The molecule has 1 aliphatic heterocycles. The van der Waals surface area contributed by atoms with Crippen LogP contribution < -0.4 is 0 Å². The van der Waals surface area contributed by atoms with Crippen molar-refractivity contribution in [1.29, 1.82) is 0 Å². The first-order chi connectivity index (χ1) is 8.15. The average Bonchev–Trinajstić information content (AvgIpc) is 2.34. The Balaban J connectivity index is 2.17. The highest BCUT2D eigenvalue weighted by Crippen LogP contribution is 2.34. The molecular formula is C13H15BrClFO. The lowest BCUT2D eigenvalue weighted by molar-refractivity contribution is 0.00440. The van der Waals surface area contributed by atoms with Crippen molar-refractivity contribution in [1.82, 2.24) is 0 Å². The van der Waals surface area contributed by atoms with Gasteiger partial charge in [-0.15, -0.1) is 11.6 Å². The van der Waals surface area contributed by atoms with Gasteiger partial charge in [0, 0.05) is 22.4 Å². The molecule has 94 valence electrons. The second-order valence-electron chi connectivity index (χ2n) is 4.70. The summed E-state index contributed by atoms with van der Waals surface area (Å²) in [5.74, 6) is 0.345. The quantitative estimate of drug-likeness (QED) is 0.759. The highest BCUT2D eigenvalue weighted by atomic mass is 79.9. The Morgan fingerprint density at radius 2 is 2.29 bits per heavy atom. The summed E-state index contributed by atoms with van der Waals surface area (Å²) in [6.45, 7) is 1.42. The van der Waals surface area contributed by atoms with Crippen molar-refractivity contribution in [3.8, 4) is 0 Å². The van der Waals surface area contributed by atoms with Crippen molar-refractivity contribution in [2.45, 2.75) is 19.3 Å². The van der Waals surface area contributed by atoms with Gasteiger partial charge in [-0.05, 0) is 37.0 Å². The molecule has 0 N–H and O–H groups in total. The van der Waals surface area contributed by atoms with Crippen LogP contribution in [0.2, 0.25) is 0 Å². The second kappa shape index (κ2) is 5.68. The Morgan fingerprint density at radius 3 is 2.88 bits per heavy atom. The normalized spacial score (nSPS) is 24.9. The molecule has 4 heteroatoms. The van der Waals surface area contributed by atoms with E-state index in [0.717, 1.165) is 29.5 Å². The summed E-state index contributed by atoms with van der Waals surface area (Å²) in [5.41, 5.74) is 0.619. The average molecular weight is 322 g/mol. The van der Waals surface area contributed by atoms with Crippen LogP contribution in [0, 0.1) is 11.2 Å². The van der Waals surface area contributed by atoms with Crippen LogP contribution in [0.3, 0.4) is 0 Å². The third kappa shape index (κ3) is 3.21. The van der Waals surface area contributed by atoms with Crippen LogP contribution in [0.15, 0.2) is 22.7 Å². The fourth-order valence-electron chi connectivity index (χ4n) is 2.27. The van der Waals surface area contributed by atoms with Gasteiger partial charge in [-0.3, -0.25) is 0 Å². The Hall–Kier alpha value is -0.120. The minimum absolute atomic E-state index is 0.103. The maximum atomic E-state index is 13.8. The molecule has 0 aliphatic carbocycles. The zero-order chi connectivity index (χ0) is 12.3. The first-order valence-electron chi connectivity index (χ1n) is 5.73. The molecule has 1 aromatic rings. The van der Waals surface area contributed by atoms with Crippen LogP contribution >= 0.6 is 27.5 Å². The van der Waals surface area contributed by atoms with Crippen LogP contribution in [0.25, 0.3) is 0 Å². The van der Waals surface area contributed by atoms with Crippen LogP contribution in [0.4, 0.5) is 4.39 Å². The van der Waals surface area contributed by atoms with Gasteiger partial charge in [0.15, 0.2) is 0 Å². The number of alkyl halides is 1. The summed E-state index contributed by atoms with van der Waals surface area (Å²) in [7, 11) is 0. The molecule has 0 radical (unpaired) electrons. The van der Waals surface area contributed by atoms with Crippen molar-refractivity contribution in [2.75, 3.05) is 19.1 Å². The summed E-state index contributed by atoms with van der Waals surface area (Å²) >= 11 is 9.32. The monoisotopic (exact) mass is 320 g/mol. The molecule has 1 heterocycles. The minimum Gasteiger partial charge on any atom is -0.381 e. The first kappa shape index (κ1) is 13.3. The van der Waals surface area contributed by atoms with Crippen molar-refractivity contribution in [2.24, 2.45) is 5.41 Å². The van der Waals surface area contributed by atoms with Gasteiger partial charge >= 0.3 is 0 Å². The van der Waals surface area contributed by atoms with Gasteiger partial charge in [0.25, 0.3) is 0 Å². The Morgan fingerprint density at radius 1 is 1.47 bits per heavy atom. The lowest BCUT2D eigenvalue weighted by Crippen LogP contribution is -2.35. The third-order valence-electron chi connectivity index (χ3n) is 3.27. The summed E-state index contributed by atoms with van der Waals surface area (Å²) in [6, 6.07) is 5.19. The van der Waals surface area contributed by atoms with E-state index < -0.39 is 0 Å². The van der Waals surface area contributed by atoms with Crippen molar-refractivity contribution >= 4 is 27.5 Å². The van der Waals surface area contributed by atoms with Gasteiger partial charge in [0.05, 0.1) is 6.61 Å². The Labute approximate surface area is 114 Å². The molecule has 1 fully saturated rings. The van der Waals surface area contributed by atoms with Crippen LogP contribution in [-0.2, 0) is 11.2 Å². The Bertz CT molecular complexity index is 391. The largest absolute Gasteiger partial charge is 0.381 e. The predicted octanol–water partition coefficient (Wildman–Crippen LogP) is 4.17. The Kier molecular flexibility index (Phi) is 4.45. The topological polar surface area (TPSA) is 9.23 Å². The number of halogens is 3. The number of ether oxygens (including phenoxy) is 1. The summed E-state index contributed by atoms with van der Waals surface area (Å²) < 4.78 is 20.1. The molecular weight excluding hydrogens is 306 g/mol. The fourth-order valence-corrected chi connectivity index (χ4v) is 2.91. The molecule has 1 unspecified atom stereocenters. The van der Waals surface area contributed by atoms with E-state index in [1.54, 1.807) is 0 Å². The molecule has 2 rings (SSSR count). The van der Waals surface area contributed by atoms with E-state index in [0.29, 0.717) is 18.9 Å². The number of hydrogen-bond acceptors (Lipinski definition) is 1. The smallest absolute Gasteiger partial charge is 0.127 e. The fraction of sp³-hybridized carbons (Fsp3) is 0.538. The number of hydrogen-bond donors (Lipinski definition) is 0. The van der Waals surface area contributed by atoms with Crippen molar-refractivity contribution in [3.63, 3.8) is 0 Å². The van der Waals surface area contributed by atoms with Gasteiger partial charge < -0.3 is 4.74 Å². The van der Waals surface area contributed by atoms with Gasteiger partial charge in [0.1, 0.15) is 5.82 Å². The molecule has 1 aromatic carbocycles. The van der Waals surface area contributed by atoms with Crippen molar-refractivity contribution in [3.05, 3.63) is 34.1 Å². The molecule has 0 bridgehead atoms. The zero-order valence-corrected chi connectivity index (χ0v) is 11.9. The molecule has 0 aromatic heterocycles. The molecule has 0 saturated carbocycles. The van der Waals surface area contributed by atoms with E-state index in [-0.39, 0.29) is 11.2 Å².